The van der Waals surface area contributed by atoms with Gasteiger partial charge in [-0.15, -0.1) is 0 Å². The van der Waals surface area contributed by atoms with E-state index in [0.717, 1.165) is 0 Å². The van der Waals surface area contributed by atoms with Gasteiger partial charge >= 0.3 is 0 Å². The number of nitrogens with zero attached hydrogens (tertiary/aromatic N) is 2. The summed E-state index contributed by atoms with van der Waals surface area (Å²) in [6.07, 6.45) is 0. The van der Waals surface area contributed by atoms with Crippen LogP contribution in [0.5, 0.6) is 0 Å². The van der Waals surface area contributed by atoms with Crippen molar-refractivity contribution in [3.05, 3.63) is 28.0 Å². The molecule has 2 rings (SSSR count). The van der Waals surface area contributed by atoms with E-state index in [1.54, 1.807) is 19.1 Å². The Balaban J connectivity index is 2.66. The molecule has 2 aromatic rings. The number of nitrogen functional groups attached to an aromatic ring is 1. The molecule has 0 atom stereocenters. The fourth-order valence-electron chi connectivity index (χ4n) is 1.18. The second kappa shape index (κ2) is 3.72. The molecule has 0 aliphatic heterocycles. The van der Waals surface area contributed by atoms with Crippen LogP contribution in [0.15, 0.2) is 16.7 Å². The third-order valence-corrected chi connectivity index (χ3v) is 2.53. The summed E-state index contributed by atoms with van der Waals surface area (Å²) in [5.74, 6) is 0.790. The molecule has 0 radical (unpaired) electrons. The number of rotatable bonds is 1. The molecule has 15 heavy (non-hydrogen) atoms. The summed E-state index contributed by atoms with van der Waals surface area (Å²) in [5, 5.41) is 4.50. The molecule has 1 aromatic carbocycles. The number of aryl methyl sites for hydroxylation is 1. The molecule has 6 heteroatoms. The fraction of sp³-hybridized carbons (Fsp3) is 0.111. The number of aromatic nitrogens is 2. The van der Waals surface area contributed by atoms with Crippen molar-refractivity contribution in [1.82, 2.24) is 10.1 Å². The average molecular weight is 244 g/mol. The highest BCUT2D eigenvalue weighted by molar-refractivity contribution is 6.37. The maximum atomic E-state index is 5.98. The lowest BCUT2D eigenvalue weighted by Crippen LogP contribution is -1.92. The van der Waals surface area contributed by atoms with Gasteiger partial charge in [0.15, 0.2) is 5.82 Å². The Morgan fingerprint density at radius 2 is 1.93 bits per heavy atom. The summed E-state index contributed by atoms with van der Waals surface area (Å²) < 4.78 is 4.98. The number of hydrogen-bond acceptors (Lipinski definition) is 4. The summed E-state index contributed by atoms with van der Waals surface area (Å²) in [6.45, 7) is 1.71. The van der Waals surface area contributed by atoms with E-state index in [2.05, 4.69) is 10.1 Å². The number of benzene rings is 1. The van der Waals surface area contributed by atoms with Gasteiger partial charge < -0.3 is 10.3 Å². The molecule has 0 bridgehead atoms. The lowest BCUT2D eigenvalue weighted by molar-refractivity contribution is 0.426. The van der Waals surface area contributed by atoms with E-state index in [1.165, 1.54) is 0 Å². The molecule has 4 nitrogen and oxygen atoms in total. The first-order valence-corrected chi connectivity index (χ1v) is 4.89. The van der Waals surface area contributed by atoms with Gasteiger partial charge in [0.1, 0.15) is 0 Å². The molecule has 0 amide bonds. The summed E-state index contributed by atoms with van der Waals surface area (Å²) in [4.78, 5) is 4.04. The van der Waals surface area contributed by atoms with E-state index in [1.807, 2.05) is 0 Å². The molecule has 0 unspecified atom stereocenters. The maximum Gasteiger partial charge on any atom is 0.261 e. The lowest BCUT2D eigenvalue weighted by Gasteiger charge is -2.04. The molecular formula is C9H7Cl2N3O. The second-order valence-electron chi connectivity index (χ2n) is 2.96. The minimum atomic E-state index is 0.275. The molecule has 0 aliphatic rings. The topological polar surface area (TPSA) is 64.9 Å². The number of hydrogen-bond donors (Lipinski definition) is 1. The van der Waals surface area contributed by atoms with Crippen LogP contribution in [0.25, 0.3) is 11.5 Å². The van der Waals surface area contributed by atoms with Crippen molar-refractivity contribution in [2.45, 2.75) is 6.92 Å². The standard InChI is InChI=1S/C9H7Cl2N3O/c1-4-13-9(15-14-4)7-5(10)2-3-6(11)8(7)12/h2-3H,12H2,1H3. The second-order valence-corrected chi connectivity index (χ2v) is 3.78. The minimum Gasteiger partial charge on any atom is -0.397 e. The van der Waals surface area contributed by atoms with Crippen LogP contribution in [0.3, 0.4) is 0 Å². The van der Waals surface area contributed by atoms with E-state index >= 15 is 0 Å². The van der Waals surface area contributed by atoms with Gasteiger partial charge in [-0.1, -0.05) is 28.4 Å². The van der Waals surface area contributed by atoms with Crippen molar-refractivity contribution in [3.8, 4) is 11.5 Å². The number of anilines is 1. The van der Waals surface area contributed by atoms with Crippen LogP contribution >= 0.6 is 23.2 Å². The summed E-state index contributed by atoms with van der Waals surface area (Å²) in [6, 6.07) is 3.25. The molecule has 2 N–H and O–H groups in total. The quantitative estimate of drug-likeness (QED) is 0.783. The Morgan fingerprint density at radius 1 is 1.27 bits per heavy atom. The van der Waals surface area contributed by atoms with Gasteiger partial charge in [0.05, 0.1) is 21.3 Å². The molecule has 0 saturated carbocycles. The van der Waals surface area contributed by atoms with Crippen LogP contribution in [0, 0.1) is 6.92 Å². The third-order valence-electron chi connectivity index (χ3n) is 1.88. The normalized spacial score (nSPS) is 10.6. The van der Waals surface area contributed by atoms with Crippen molar-refractivity contribution in [2.75, 3.05) is 5.73 Å². The first-order valence-electron chi connectivity index (χ1n) is 4.13. The van der Waals surface area contributed by atoms with Crippen molar-refractivity contribution in [3.63, 3.8) is 0 Å². The van der Waals surface area contributed by atoms with Crippen LogP contribution in [-0.2, 0) is 0 Å². The van der Waals surface area contributed by atoms with Gasteiger partial charge in [-0.25, -0.2) is 0 Å². The Kier molecular flexibility index (Phi) is 2.54. The maximum absolute atomic E-state index is 5.98. The van der Waals surface area contributed by atoms with Crippen molar-refractivity contribution in [2.24, 2.45) is 0 Å². The van der Waals surface area contributed by atoms with Crippen molar-refractivity contribution >= 4 is 28.9 Å². The van der Waals surface area contributed by atoms with Crippen LogP contribution < -0.4 is 5.73 Å². The smallest absolute Gasteiger partial charge is 0.261 e. The zero-order chi connectivity index (χ0) is 11.0. The first kappa shape index (κ1) is 10.3. The molecular weight excluding hydrogens is 237 g/mol. The highest BCUT2D eigenvalue weighted by Gasteiger charge is 2.16. The van der Waals surface area contributed by atoms with Gasteiger partial charge in [0, 0.05) is 0 Å². The third kappa shape index (κ3) is 1.78. The fourth-order valence-corrected chi connectivity index (χ4v) is 1.59. The molecule has 0 spiro atoms. The summed E-state index contributed by atoms with van der Waals surface area (Å²) in [5.41, 5.74) is 6.60. The minimum absolute atomic E-state index is 0.275. The molecule has 1 aromatic heterocycles. The number of halogens is 2. The Labute approximate surface area is 96.0 Å². The first-order chi connectivity index (χ1) is 7.09. The monoisotopic (exact) mass is 243 g/mol. The van der Waals surface area contributed by atoms with E-state index in [4.69, 9.17) is 33.5 Å². The van der Waals surface area contributed by atoms with Crippen LogP contribution in [0.4, 0.5) is 5.69 Å². The van der Waals surface area contributed by atoms with Crippen molar-refractivity contribution in [1.29, 1.82) is 0 Å². The largest absolute Gasteiger partial charge is 0.397 e. The Bertz CT molecular complexity index is 510. The van der Waals surface area contributed by atoms with E-state index in [-0.39, 0.29) is 5.89 Å². The zero-order valence-electron chi connectivity index (χ0n) is 7.79. The molecule has 1 heterocycles. The molecule has 0 fully saturated rings. The highest BCUT2D eigenvalue weighted by atomic mass is 35.5. The summed E-state index contributed by atoms with van der Waals surface area (Å²) >= 11 is 11.8. The predicted octanol–water partition coefficient (Wildman–Crippen LogP) is 2.93. The number of nitrogens with two attached hydrogens (primary N) is 1. The van der Waals surface area contributed by atoms with Gasteiger partial charge in [0.2, 0.25) is 0 Å². The SMILES string of the molecule is Cc1noc(-c2c(Cl)ccc(Cl)c2N)n1. The van der Waals surface area contributed by atoms with E-state index in [9.17, 15) is 0 Å². The van der Waals surface area contributed by atoms with Gasteiger partial charge in [-0.3, -0.25) is 0 Å². The zero-order valence-corrected chi connectivity index (χ0v) is 9.30. The Morgan fingerprint density at radius 3 is 2.53 bits per heavy atom. The van der Waals surface area contributed by atoms with Gasteiger partial charge in [-0.05, 0) is 19.1 Å². The molecule has 0 aliphatic carbocycles. The van der Waals surface area contributed by atoms with Crippen molar-refractivity contribution < 1.29 is 4.52 Å². The van der Waals surface area contributed by atoms with Gasteiger partial charge in [0.25, 0.3) is 5.89 Å². The lowest BCUT2D eigenvalue weighted by atomic mass is 10.2. The average Bonchev–Trinajstić information content (AvgIpc) is 2.59. The van der Waals surface area contributed by atoms with E-state index in [0.29, 0.717) is 27.1 Å². The van der Waals surface area contributed by atoms with Crippen LogP contribution in [0.1, 0.15) is 5.82 Å². The summed E-state index contributed by atoms with van der Waals surface area (Å²) in [7, 11) is 0. The highest BCUT2D eigenvalue weighted by Crippen LogP contribution is 2.36. The van der Waals surface area contributed by atoms with Crippen LogP contribution in [-0.4, -0.2) is 10.1 Å². The molecule has 0 saturated heterocycles. The van der Waals surface area contributed by atoms with E-state index < -0.39 is 0 Å². The Hall–Kier alpha value is -1.26. The van der Waals surface area contributed by atoms with Gasteiger partial charge in [-0.2, -0.15) is 4.98 Å². The van der Waals surface area contributed by atoms with Crippen LogP contribution in [0.2, 0.25) is 10.0 Å². The molecule has 78 valence electrons. The predicted molar refractivity (Wildman–Crippen MR) is 58.9 cm³/mol.